The van der Waals surface area contributed by atoms with E-state index in [-0.39, 0.29) is 18.7 Å². The van der Waals surface area contributed by atoms with Crippen LogP contribution < -0.4 is 4.74 Å². The van der Waals surface area contributed by atoms with Crippen LogP contribution in [-0.4, -0.2) is 40.0 Å². The van der Waals surface area contributed by atoms with Gasteiger partial charge in [-0.2, -0.15) is 0 Å². The first kappa shape index (κ1) is 16.2. The van der Waals surface area contributed by atoms with E-state index >= 15 is 0 Å². The first-order valence-electron chi connectivity index (χ1n) is 7.42. The third-order valence-corrected chi connectivity index (χ3v) is 3.75. The molecule has 2 heterocycles. The summed E-state index contributed by atoms with van der Waals surface area (Å²) in [7, 11) is 0. The van der Waals surface area contributed by atoms with Gasteiger partial charge in [-0.1, -0.05) is 0 Å². The number of rotatable bonds is 3. The van der Waals surface area contributed by atoms with Crippen LogP contribution in [-0.2, 0) is 0 Å². The Kier molecular flexibility index (Phi) is 4.64. The van der Waals surface area contributed by atoms with Gasteiger partial charge >= 0.3 is 6.01 Å². The quantitative estimate of drug-likeness (QED) is 0.808. The number of benzene rings is 1. The highest BCUT2D eigenvalue weighted by atomic mass is 19.2. The average Bonchev–Trinajstić information content (AvgIpc) is 2.60. The summed E-state index contributed by atoms with van der Waals surface area (Å²) in [5, 5.41) is 0. The largest absolute Gasteiger partial charge is 0.458 e. The molecule has 5 nitrogen and oxygen atoms in total. The number of hydrogen-bond donors (Lipinski definition) is 0. The Morgan fingerprint density at radius 3 is 2.67 bits per heavy atom. The van der Waals surface area contributed by atoms with E-state index in [2.05, 4.69) is 9.97 Å². The molecule has 1 unspecified atom stereocenters. The molecule has 0 saturated carbocycles. The maximum absolute atomic E-state index is 13.8. The summed E-state index contributed by atoms with van der Waals surface area (Å²) in [6.07, 6.45) is 4.03. The molecule has 0 aliphatic carbocycles. The minimum absolute atomic E-state index is 0.190. The molecular formula is C16H14F3N3O2. The minimum atomic E-state index is -1.65. The molecule has 8 heteroatoms. The van der Waals surface area contributed by atoms with E-state index in [4.69, 9.17) is 4.74 Å². The summed E-state index contributed by atoms with van der Waals surface area (Å²) >= 11 is 0. The van der Waals surface area contributed by atoms with Gasteiger partial charge in [0.2, 0.25) is 0 Å². The van der Waals surface area contributed by atoms with Gasteiger partial charge in [0.1, 0.15) is 6.10 Å². The fraction of sp³-hybridized carbons (Fsp3) is 0.312. The zero-order valence-corrected chi connectivity index (χ0v) is 12.6. The standard InChI is InChI=1S/C16H14F3N3O2/c17-12-5-4-11(13(18)14(12)19)15(23)22-8-1-3-10(9-22)24-16-20-6-2-7-21-16/h2,4-7,10H,1,3,8-9H2. The Bertz CT molecular complexity index is 743. The van der Waals surface area contributed by atoms with Crippen LogP contribution >= 0.6 is 0 Å². The number of halogens is 3. The molecule has 0 bridgehead atoms. The monoisotopic (exact) mass is 337 g/mol. The second-order valence-corrected chi connectivity index (χ2v) is 5.39. The van der Waals surface area contributed by atoms with Gasteiger partial charge in [0.25, 0.3) is 5.91 Å². The Labute approximate surface area is 136 Å². The molecule has 1 saturated heterocycles. The van der Waals surface area contributed by atoms with Gasteiger partial charge in [-0.05, 0) is 31.0 Å². The highest BCUT2D eigenvalue weighted by Gasteiger charge is 2.29. The van der Waals surface area contributed by atoms with Crippen molar-refractivity contribution in [3.63, 3.8) is 0 Å². The number of carbonyl (C=O) groups excluding carboxylic acids is 1. The first-order chi connectivity index (χ1) is 11.6. The van der Waals surface area contributed by atoms with Crippen molar-refractivity contribution in [3.05, 3.63) is 53.6 Å². The Morgan fingerprint density at radius 1 is 1.17 bits per heavy atom. The number of aromatic nitrogens is 2. The molecule has 1 aliphatic rings. The SMILES string of the molecule is O=C(c1ccc(F)c(F)c1F)N1CCCC(Oc2ncccn2)C1. The average molecular weight is 337 g/mol. The van der Waals surface area contributed by atoms with Crippen molar-refractivity contribution in [1.29, 1.82) is 0 Å². The lowest BCUT2D eigenvalue weighted by Gasteiger charge is -2.32. The van der Waals surface area contributed by atoms with Crippen LogP contribution in [0.25, 0.3) is 0 Å². The topological polar surface area (TPSA) is 55.3 Å². The van der Waals surface area contributed by atoms with Crippen molar-refractivity contribution < 1.29 is 22.7 Å². The fourth-order valence-corrected chi connectivity index (χ4v) is 2.58. The van der Waals surface area contributed by atoms with Crippen molar-refractivity contribution in [1.82, 2.24) is 14.9 Å². The molecule has 0 N–H and O–H groups in total. The smallest absolute Gasteiger partial charge is 0.316 e. The Hall–Kier alpha value is -2.64. The normalized spacial score (nSPS) is 17.6. The van der Waals surface area contributed by atoms with Crippen LogP contribution in [0.1, 0.15) is 23.2 Å². The summed E-state index contributed by atoms with van der Waals surface area (Å²) in [4.78, 5) is 21.6. The van der Waals surface area contributed by atoms with E-state index in [1.807, 2.05) is 0 Å². The number of nitrogens with zero attached hydrogens (tertiary/aromatic N) is 3. The maximum Gasteiger partial charge on any atom is 0.316 e. The lowest BCUT2D eigenvalue weighted by atomic mass is 10.1. The third kappa shape index (κ3) is 3.32. The minimum Gasteiger partial charge on any atom is -0.458 e. The van der Waals surface area contributed by atoms with Crippen molar-refractivity contribution in [2.75, 3.05) is 13.1 Å². The van der Waals surface area contributed by atoms with Crippen LogP contribution in [0.5, 0.6) is 6.01 Å². The van der Waals surface area contributed by atoms with Crippen LogP contribution in [0.3, 0.4) is 0 Å². The van der Waals surface area contributed by atoms with E-state index in [1.54, 1.807) is 6.07 Å². The predicted molar refractivity (Wildman–Crippen MR) is 77.9 cm³/mol. The van der Waals surface area contributed by atoms with Crippen molar-refractivity contribution in [2.45, 2.75) is 18.9 Å². The van der Waals surface area contributed by atoms with Crippen LogP contribution in [0.15, 0.2) is 30.6 Å². The van der Waals surface area contributed by atoms with Crippen molar-refractivity contribution in [2.24, 2.45) is 0 Å². The fourth-order valence-electron chi connectivity index (χ4n) is 2.58. The van der Waals surface area contributed by atoms with Gasteiger partial charge < -0.3 is 9.64 Å². The highest BCUT2D eigenvalue weighted by Crippen LogP contribution is 2.21. The molecule has 0 spiro atoms. The Balaban J connectivity index is 1.72. The van der Waals surface area contributed by atoms with Crippen molar-refractivity contribution in [3.8, 4) is 6.01 Å². The van der Waals surface area contributed by atoms with E-state index in [9.17, 15) is 18.0 Å². The summed E-state index contributed by atoms with van der Waals surface area (Å²) < 4.78 is 45.7. The van der Waals surface area contributed by atoms with Crippen LogP contribution in [0.4, 0.5) is 13.2 Å². The van der Waals surface area contributed by atoms with Crippen molar-refractivity contribution >= 4 is 5.91 Å². The second kappa shape index (κ2) is 6.86. The first-order valence-corrected chi connectivity index (χ1v) is 7.42. The molecule has 2 aromatic rings. The Morgan fingerprint density at radius 2 is 1.92 bits per heavy atom. The number of piperidine rings is 1. The summed E-state index contributed by atoms with van der Waals surface area (Å²) in [6, 6.07) is 3.52. The van der Waals surface area contributed by atoms with Crippen LogP contribution in [0, 0.1) is 17.5 Å². The molecule has 0 radical (unpaired) electrons. The zero-order valence-electron chi connectivity index (χ0n) is 12.6. The van der Waals surface area contributed by atoms with E-state index in [0.29, 0.717) is 19.4 Å². The summed E-state index contributed by atoms with van der Waals surface area (Å²) in [6.45, 7) is 0.572. The number of ether oxygens (including phenoxy) is 1. The lowest BCUT2D eigenvalue weighted by Crippen LogP contribution is -2.44. The van der Waals surface area contributed by atoms with E-state index < -0.39 is 28.9 Å². The molecule has 24 heavy (non-hydrogen) atoms. The number of hydrogen-bond acceptors (Lipinski definition) is 4. The van der Waals surface area contributed by atoms with Gasteiger partial charge in [-0.3, -0.25) is 4.79 Å². The maximum atomic E-state index is 13.8. The van der Waals surface area contributed by atoms with Crippen LogP contribution in [0.2, 0.25) is 0 Å². The second-order valence-electron chi connectivity index (χ2n) is 5.39. The van der Waals surface area contributed by atoms with Gasteiger partial charge in [0.15, 0.2) is 17.5 Å². The summed E-state index contributed by atoms with van der Waals surface area (Å²) in [5.41, 5.74) is -0.495. The highest BCUT2D eigenvalue weighted by molar-refractivity contribution is 5.94. The van der Waals surface area contributed by atoms with Gasteiger partial charge in [0, 0.05) is 18.9 Å². The zero-order chi connectivity index (χ0) is 17.1. The number of amides is 1. The molecule has 126 valence electrons. The molecule has 3 rings (SSSR count). The molecule has 1 aromatic heterocycles. The van der Waals surface area contributed by atoms with E-state index in [1.165, 1.54) is 17.3 Å². The molecule has 1 atom stereocenters. The number of likely N-dealkylation sites (tertiary alicyclic amines) is 1. The number of carbonyl (C=O) groups is 1. The summed E-state index contributed by atoms with van der Waals surface area (Å²) in [5.74, 6) is -5.16. The van der Waals surface area contributed by atoms with Gasteiger partial charge in [-0.25, -0.2) is 23.1 Å². The third-order valence-electron chi connectivity index (χ3n) is 3.75. The molecule has 1 aliphatic heterocycles. The molecule has 1 aromatic carbocycles. The lowest BCUT2D eigenvalue weighted by molar-refractivity contribution is 0.0510. The van der Waals surface area contributed by atoms with Gasteiger partial charge in [-0.15, -0.1) is 0 Å². The molecular weight excluding hydrogens is 323 g/mol. The van der Waals surface area contributed by atoms with Gasteiger partial charge in [0.05, 0.1) is 12.1 Å². The van der Waals surface area contributed by atoms with E-state index in [0.717, 1.165) is 12.1 Å². The predicted octanol–water partition coefficient (Wildman–Crippen LogP) is 2.58. The molecule has 1 amide bonds. The molecule has 1 fully saturated rings.